The van der Waals surface area contributed by atoms with Crippen molar-refractivity contribution in [3.05, 3.63) is 101 Å². The molecule has 2 saturated carbocycles. The molecule has 7 aliphatic rings. The van der Waals surface area contributed by atoms with Gasteiger partial charge < -0.3 is 29.9 Å². The number of hydrogen-bond acceptors (Lipinski definition) is 18. The molecule has 504 valence electrons. The van der Waals surface area contributed by atoms with Gasteiger partial charge >= 0.3 is 12.4 Å². The first-order chi connectivity index (χ1) is 43.5. The van der Waals surface area contributed by atoms with Gasteiger partial charge in [0.05, 0.1) is 40.2 Å². The monoisotopic (exact) mass is 1430 g/mol. The number of rotatable bonds is 8. The molecule has 0 unspecified atom stereocenters. The van der Waals surface area contributed by atoms with Gasteiger partial charge in [-0.1, -0.05) is 44.4 Å². The number of alkyl halides is 6. The fourth-order valence-electron chi connectivity index (χ4n) is 13.3. The van der Waals surface area contributed by atoms with Crippen LogP contribution >= 0.6 is 15.9 Å². The third-order valence-electron chi connectivity index (χ3n) is 19.0. The largest absolute Gasteiger partial charge is 0.482 e. The van der Waals surface area contributed by atoms with E-state index in [0.717, 1.165) is 45.1 Å². The van der Waals surface area contributed by atoms with E-state index in [4.69, 9.17) is 14.5 Å². The zero-order valence-electron chi connectivity index (χ0n) is 53.0. The molecule has 5 aliphatic heterocycles. The van der Waals surface area contributed by atoms with Crippen LogP contribution < -0.4 is 34.6 Å². The van der Waals surface area contributed by atoms with E-state index < -0.39 is 76.0 Å². The minimum Gasteiger partial charge on any atom is -0.482 e. The average molecular weight is 1440 g/mol. The predicted octanol–water partition coefficient (Wildman–Crippen LogP) is 11.8. The Labute approximate surface area is 548 Å². The van der Waals surface area contributed by atoms with E-state index in [0.29, 0.717) is 77.6 Å². The Balaban J connectivity index is 0.000000171. The number of fused-ring (bicyclic) bond motifs is 12. The van der Waals surface area contributed by atoms with Crippen LogP contribution in [0.15, 0.2) is 105 Å². The quantitative estimate of drug-likeness (QED) is 0.0639. The standard InChI is InChI=1S/C30H38F3N7O4SSi.C20H24BrN5O3S.C11H16F3NOSi/c1-28(2)17-20-7-6-15-34-22-8-5-9-25(35-22)45(42,43)38-27(41)21-10-11-23(36-26(21)39(28)18-20)40-16-12-24(37-40)44-19-46(3,4)29(13-14-29)30(31,32)33;1-20(2)11-13-5-4-10-22-16-6-3-7-17(24-16)30(28,29)25-19(27)14-8-9-15(21)23-18(14)26(20)12-13;1-17(2,8-16-9-4-3-7-15-9)10(5-6-10)11(12,13)14/h5,8-12,16,20H,6-7,13-15,17-19H2,1-4H3,(H,34,35)(H,38,41);3,6-9,13H,4-5,10-12H2,1-2H3,(H,22,24)(H,25,27);3-4H,5-8H2,1-2H3/t20-;13-;/m00./s1. The summed E-state index contributed by atoms with van der Waals surface area (Å²) in [6.07, 6.45) is 3.26. The Morgan fingerprint density at radius 2 is 1.11 bits per heavy atom. The molecule has 0 aromatic carbocycles. The Morgan fingerprint density at radius 3 is 1.57 bits per heavy atom. The van der Waals surface area contributed by atoms with Crippen molar-refractivity contribution in [3.63, 3.8) is 0 Å². The van der Waals surface area contributed by atoms with Crippen molar-refractivity contribution in [2.75, 3.05) is 65.6 Å². The van der Waals surface area contributed by atoms with E-state index in [-0.39, 0.29) is 70.7 Å². The van der Waals surface area contributed by atoms with Crippen LogP contribution in [-0.2, 0) is 24.8 Å². The average Bonchev–Trinajstić information content (AvgIpc) is 1.58. The molecule has 21 nitrogen and oxygen atoms in total. The van der Waals surface area contributed by atoms with Gasteiger partial charge in [-0.3, -0.25) is 9.59 Å². The summed E-state index contributed by atoms with van der Waals surface area (Å²) in [4.78, 5) is 52.6. The molecular weight excluding hydrogens is 1360 g/mol. The van der Waals surface area contributed by atoms with Gasteiger partial charge in [0.25, 0.3) is 31.9 Å². The van der Waals surface area contributed by atoms with Gasteiger partial charge in [-0.2, -0.15) is 43.2 Å². The molecule has 2 atom stereocenters. The summed E-state index contributed by atoms with van der Waals surface area (Å²) in [5.41, 5.74) is -0.308. The van der Waals surface area contributed by atoms with Crippen LogP contribution in [0.1, 0.15) is 113 Å². The van der Waals surface area contributed by atoms with Crippen molar-refractivity contribution in [1.82, 2.24) is 39.2 Å². The maximum absolute atomic E-state index is 13.8. The number of nitrogens with zero attached hydrogens (tertiary/aromatic N) is 9. The number of sulfonamides is 2. The zero-order valence-corrected chi connectivity index (χ0v) is 58.2. The normalized spacial score (nSPS) is 22.4. The molecule has 12 rings (SSSR count). The predicted molar refractivity (Wildman–Crippen MR) is 349 cm³/mol. The molecule has 5 aromatic rings. The van der Waals surface area contributed by atoms with Crippen LogP contribution in [0.25, 0.3) is 5.82 Å². The molecule has 4 fully saturated rings. The number of carbonyl (C=O) groups is 2. The number of pyridine rings is 4. The summed E-state index contributed by atoms with van der Waals surface area (Å²) >= 11 is 3.39. The summed E-state index contributed by atoms with van der Waals surface area (Å²) in [5.74, 6) is 1.84. The number of carbonyl (C=O) groups excluding carboxylic acids is 2. The highest BCUT2D eigenvalue weighted by molar-refractivity contribution is 9.10. The van der Waals surface area contributed by atoms with Gasteiger partial charge in [-0.15, -0.1) is 5.10 Å². The summed E-state index contributed by atoms with van der Waals surface area (Å²) in [7, 11) is -13.8. The van der Waals surface area contributed by atoms with Crippen LogP contribution in [0, 0.1) is 11.8 Å². The molecule has 2 amide bonds. The number of ether oxygens (including phenoxy) is 2. The lowest BCUT2D eigenvalue weighted by molar-refractivity contribution is -0.144. The Kier molecular flexibility index (Phi) is 19.2. The molecule has 5 aromatic heterocycles. The minimum atomic E-state index is -4.30. The van der Waals surface area contributed by atoms with Crippen molar-refractivity contribution >= 4 is 93.1 Å². The van der Waals surface area contributed by atoms with E-state index in [9.17, 15) is 52.8 Å². The van der Waals surface area contributed by atoms with E-state index in [1.54, 1.807) is 87.0 Å². The summed E-state index contributed by atoms with van der Waals surface area (Å²) < 4.78 is 150. The third kappa shape index (κ3) is 14.9. The first kappa shape index (κ1) is 69.2. The van der Waals surface area contributed by atoms with Crippen LogP contribution in [0.2, 0.25) is 36.3 Å². The van der Waals surface area contributed by atoms with Crippen molar-refractivity contribution in [3.8, 4) is 11.7 Å². The maximum atomic E-state index is 13.8. The van der Waals surface area contributed by atoms with E-state index in [2.05, 4.69) is 93.6 Å². The fourth-order valence-corrected chi connectivity index (χ4v) is 21.6. The second kappa shape index (κ2) is 25.8. The Bertz CT molecular complexity index is 3940. The minimum absolute atomic E-state index is 0.0353. The third-order valence-corrected chi connectivity index (χ3v) is 30.4. The van der Waals surface area contributed by atoms with Crippen LogP contribution in [0.3, 0.4) is 0 Å². The van der Waals surface area contributed by atoms with Gasteiger partial charge in [-0.05, 0) is 174 Å². The van der Waals surface area contributed by atoms with Gasteiger partial charge in [0.1, 0.15) is 44.0 Å². The van der Waals surface area contributed by atoms with Gasteiger partial charge in [0, 0.05) is 49.5 Å². The first-order valence-corrected chi connectivity index (χ1v) is 41.1. The number of nitrogens with one attached hydrogen (secondary N) is 4. The molecule has 2 saturated heterocycles. The second-order valence-electron chi connectivity index (χ2n) is 27.4. The topological polar surface area (TPSA) is 257 Å². The molecule has 8 bridgehead atoms. The summed E-state index contributed by atoms with van der Waals surface area (Å²) in [5, 5.41) is 7.25. The maximum Gasteiger partial charge on any atom is 0.392 e. The smallest absolute Gasteiger partial charge is 0.392 e. The number of aliphatic imine (C=N–C) groups is 1. The van der Waals surface area contributed by atoms with Gasteiger partial charge in [0.2, 0.25) is 11.8 Å². The molecule has 4 N–H and O–H groups in total. The van der Waals surface area contributed by atoms with Crippen molar-refractivity contribution in [2.24, 2.45) is 16.8 Å². The van der Waals surface area contributed by atoms with E-state index in [1.165, 1.54) is 22.9 Å². The number of anilines is 4. The van der Waals surface area contributed by atoms with Crippen molar-refractivity contribution < 1.29 is 62.2 Å². The molecule has 32 heteroatoms. The summed E-state index contributed by atoms with van der Waals surface area (Å²) in [6.45, 7) is 18.5. The molecular formula is C61H78BrF6N13O8S2Si2. The second-order valence-corrected chi connectivity index (χ2v) is 41.5. The highest BCUT2D eigenvalue weighted by Crippen LogP contribution is 2.71. The van der Waals surface area contributed by atoms with E-state index in [1.807, 2.05) is 11.0 Å². The van der Waals surface area contributed by atoms with E-state index >= 15 is 0 Å². The lowest BCUT2D eigenvalue weighted by Crippen LogP contribution is -2.48. The molecule has 10 heterocycles. The molecule has 93 heavy (non-hydrogen) atoms. The SMILES string of the molecule is CC1(C)C[C@@H]2CCCNc3cccc(n3)S(=O)(=O)NC(=O)c3ccc(-n4ccc(OC[Si](C)(C)C5(C(F)(F)F)CC5)n4)nc3N1C2.CC1(C)C[C@@H]2CCCNc3cccc(n3)S(=O)(=O)NC(=O)c3ccc(Br)nc3N1C2.C[Si](C)(COC1=NCC=C1)C1(C(F)(F)F)CC1. The first-order valence-electron chi connectivity index (χ1n) is 30.9. The lowest BCUT2D eigenvalue weighted by Gasteiger charge is -2.34. The number of hydrogen-bond donors (Lipinski definition) is 4. The molecule has 0 radical (unpaired) electrons. The molecule has 2 aliphatic carbocycles. The zero-order chi connectivity index (χ0) is 67.4. The highest BCUT2D eigenvalue weighted by Gasteiger charge is 2.72. The highest BCUT2D eigenvalue weighted by atomic mass is 79.9. The number of aromatic nitrogens is 6. The van der Waals surface area contributed by atoms with Gasteiger partial charge in [0.15, 0.2) is 15.9 Å². The van der Waals surface area contributed by atoms with Crippen molar-refractivity contribution in [1.29, 1.82) is 0 Å². The fraction of sp³-hybridized carbons (Fsp3) is 0.541. The summed E-state index contributed by atoms with van der Waals surface area (Å²) in [6, 6.07) is 17.1. The van der Waals surface area contributed by atoms with Crippen LogP contribution in [0.4, 0.5) is 49.6 Å². The Morgan fingerprint density at radius 1 is 0.634 bits per heavy atom. The van der Waals surface area contributed by atoms with Crippen LogP contribution in [0.5, 0.6) is 5.88 Å². The molecule has 0 spiro atoms. The van der Waals surface area contributed by atoms with Gasteiger partial charge in [-0.25, -0.2) is 39.1 Å². The Hall–Kier alpha value is -6.65. The number of halogens is 7. The van der Waals surface area contributed by atoms with Crippen molar-refractivity contribution in [2.45, 2.75) is 162 Å². The number of amides is 2. The van der Waals surface area contributed by atoms with Crippen LogP contribution in [-0.4, -0.2) is 149 Å². The lowest BCUT2D eigenvalue weighted by atomic mass is 9.93.